The molecule has 1 unspecified atom stereocenters. The van der Waals surface area contributed by atoms with Crippen LogP contribution in [0, 0.1) is 6.92 Å². The third kappa shape index (κ3) is 1.94. The summed E-state index contributed by atoms with van der Waals surface area (Å²) in [6.07, 6.45) is 0. The monoisotopic (exact) mass is 239 g/mol. The second-order valence-electron chi connectivity index (χ2n) is 4.88. The van der Waals surface area contributed by atoms with Gasteiger partial charge in [0.1, 0.15) is 12.4 Å². The predicted octanol–water partition coefficient (Wildman–Crippen LogP) is 3.85. The van der Waals surface area contributed by atoms with Gasteiger partial charge in [-0.3, -0.25) is 0 Å². The summed E-state index contributed by atoms with van der Waals surface area (Å²) in [5.41, 5.74) is 4.90. The Kier molecular flexibility index (Phi) is 2.71. The molecule has 1 atom stereocenters. The summed E-state index contributed by atoms with van der Waals surface area (Å²) >= 11 is 0. The van der Waals surface area contributed by atoms with Gasteiger partial charge in [-0.05, 0) is 42.7 Å². The van der Waals surface area contributed by atoms with Gasteiger partial charge in [0.2, 0.25) is 0 Å². The molecule has 1 aliphatic rings. The van der Waals surface area contributed by atoms with E-state index < -0.39 is 0 Å². The normalized spacial score (nSPS) is 17.6. The Hall–Kier alpha value is -1.96. The molecule has 18 heavy (non-hydrogen) atoms. The molecule has 2 aromatic rings. The van der Waals surface area contributed by atoms with Crippen molar-refractivity contribution in [3.05, 3.63) is 48.0 Å². The standard InChI is InChI=1S/C16H17NO/c1-11-5-3-4-6-14(11)13-7-8-16-15(9-13)17-12(2)10-18-16/h3-9,12,17H,10H2,1-2H3. The molecule has 0 aromatic heterocycles. The van der Waals surface area contributed by atoms with E-state index in [0.29, 0.717) is 6.04 Å². The number of benzene rings is 2. The van der Waals surface area contributed by atoms with E-state index in [1.165, 1.54) is 16.7 Å². The lowest BCUT2D eigenvalue weighted by Gasteiger charge is -2.25. The van der Waals surface area contributed by atoms with Gasteiger partial charge in [-0.2, -0.15) is 0 Å². The van der Waals surface area contributed by atoms with E-state index in [9.17, 15) is 0 Å². The van der Waals surface area contributed by atoms with Crippen molar-refractivity contribution in [1.29, 1.82) is 0 Å². The summed E-state index contributed by atoms with van der Waals surface area (Å²) in [4.78, 5) is 0. The van der Waals surface area contributed by atoms with Crippen molar-refractivity contribution < 1.29 is 4.74 Å². The summed E-state index contributed by atoms with van der Waals surface area (Å²) in [7, 11) is 0. The van der Waals surface area contributed by atoms with Crippen LogP contribution in [-0.2, 0) is 0 Å². The SMILES string of the molecule is Cc1ccccc1-c1ccc2c(c1)NC(C)CO2. The maximum atomic E-state index is 5.69. The minimum absolute atomic E-state index is 0.365. The van der Waals surface area contributed by atoms with Gasteiger partial charge in [-0.1, -0.05) is 30.3 Å². The van der Waals surface area contributed by atoms with Gasteiger partial charge in [-0.15, -0.1) is 0 Å². The van der Waals surface area contributed by atoms with Gasteiger partial charge in [0, 0.05) is 0 Å². The molecule has 0 aliphatic carbocycles. The van der Waals surface area contributed by atoms with E-state index >= 15 is 0 Å². The highest BCUT2D eigenvalue weighted by Crippen LogP contribution is 2.34. The molecular formula is C16H17NO. The van der Waals surface area contributed by atoms with Crippen molar-refractivity contribution in [2.75, 3.05) is 11.9 Å². The van der Waals surface area contributed by atoms with E-state index in [2.05, 4.69) is 61.6 Å². The van der Waals surface area contributed by atoms with Crippen LogP contribution in [0.1, 0.15) is 12.5 Å². The Morgan fingerprint density at radius 1 is 1.17 bits per heavy atom. The van der Waals surface area contributed by atoms with Crippen molar-refractivity contribution in [3.63, 3.8) is 0 Å². The van der Waals surface area contributed by atoms with E-state index in [-0.39, 0.29) is 0 Å². The van der Waals surface area contributed by atoms with Crippen LogP contribution < -0.4 is 10.1 Å². The van der Waals surface area contributed by atoms with Gasteiger partial charge in [0.15, 0.2) is 0 Å². The highest BCUT2D eigenvalue weighted by Gasteiger charge is 2.15. The van der Waals surface area contributed by atoms with Crippen LogP contribution in [0.5, 0.6) is 5.75 Å². The quantitative estimate of drug-likeness (QED) is 0.816. The van der Waals surface area contributed by atoms with Gasteiger partial charge < -0.3 is 10.1 Å². The molecule has 1 aliphatic heterocycles. The topological polar surface area (TPSA) is 21.3 Å². The average Bonchev–Trinajstić information content (AvgIpc) is 2.38. The molecule has 3 rings (SSSR count). The van der Waals surface area contributed by atoms with Crippen LogP contribution in [0.2, 0.25) is 0 Å². The first-order valence-corrected chi connectivity index (χ1v) is 6.33. The zero-order chi connectivity index (χ0) is 12.5. The Bertz CT molecular complexity index is 577. The number of ether oxygens (including phenoxy) is 1. The molecule has 0 saturated carbocycles. The number of anilines is 1. The fourth-order valence-corrected chi connectivity index (χ4v) is 2.35. The van der Waals surface area contributed by atoms with E-state index in [0.717, 1.165) is 18.0 Å². The zero-order valence-electron chi connectivity index (χ0n) is 10.7. The van der Waals surface area contributed by atoms with Crippen molar-refractivity contribution in [1.82, 2.24) is 0 Å². The third-order valence-corrected chi connectivity index (χ3v) is 3.33. The number of aryl methyl sites for hydroxylation is 1. The molecule has 0 spiro atoms. The van der Waals surface area contributed by atoms with Gasteiger partial charge in [0.25, 0.3) is 0 Å². The highest BCUT2D eigenvalue weighted by atomic mass is 16.5. The van der Waals surface area contributed by atoms with Crippen LogP contribution >= 0.6 is 0 Å². The first kappa shape index (κ1) is 11.1. The highest BCUT2D eigenvalue weighted by molar-refractivity contribution is 5.74. The molecule has 2 nitrogen and oxygen atoms in total. The number of hydrogen-bond donors (Lipinski definition) is 1. The first-order valence-electron chi connectivity index (χ1n) is 6.33. The predicted molar refractivity (Wildman–Crippen MR) is 75.2 cm³/mol. The largest absolute Gasteiger partial charge is 0.489 e. The van der Waals surface area contributed by atoms with Gasteiger partial charge in [0.05, 0.1) is 11.7 Å². The van der Waals surface area contributed by atoms with Crippen LogP contribution in [0.3, 0.4) is 0 Å². The molecule has 2 heteroatoms. The van der Waals surface area contributed by atoms with Gasteiger partial charge in [-0.25, -0.2) is 0 Å². The van der Waals surface area contributed by atoms with Crippen LogP contribution in [0.25, 0.3) is 11.1 Å². The first-order chi connectivity index (χ1) is 8.74. The number of hydrogen-bond acceptors (Lipinski definition) is 2. The molecule has 0 bridgehead atoms. The molecule has 1 N–H and O–H groups in total. The van der Waals surface area contributed by atoms with Crippen LogP contribution in [0.4, 0.5) is 5.69 Å². The summed E-state index contributed by atoms with van der Waals surface area (Å²) in [5, 5.41) is 3.46. The summed E-state index contributed by atoms with van der Waals surface area (Å²) in [5.74, 6) is 0.949. The second kappa shape index (κ2) is 4.37. The minimum atomic E-state index is 0.365. The molecule has 0 saturated heterocycles. The Balaban J connectivity index is 2.05. The number of rotatable bonds is 1. The third-order valence-electron chi connectivity index (χ3n) is 3.33. The summed E-state index contributed by atoms with van der Waals surface area (Å²) < 4.78 is 5.69. The maximum Gasteiger partial charge on any atom is 0.142 e. The Morgan fingerprint density at radius 3 is 2.83 bits per heavy atom. The molecule has 2 aromatic carbocycles. The number of nitrogens with one attached hydrogen (secondary N) is 1. The molecule has 92 valence electrons. The van der Waals surface area contributed by atoms with Crippen molar-refractivity contribution >= 4 is 5.69 Å². The molecular weight excluding hydrogens is 222 g/mol. The lowest BCUT2D eigenvalue weighted by atomic mass is 9.99. The second-order valence-corrected chi connectivity index (χ2v) is 4.88. The summed E-state index contributed by atoms with van der Waals surface area (Å²) in [6, 6.07) is 15.2. The fraction of sp³-hybridized carbons (Fsp3) is 0.250. The Morgan fingerprint density at radius 2 is 2.00 bits per heavy atom. The smallest absolute Gasteiger partial charge is 0.142 e. The van der Waals surface area contributed by atoms with Crippen molar-refractivity contribution in [2.45, 2.75) is 19.9 Å². The van der Waals surface area contributed by atoms with E-state index in [4.69, 9.17) is 4.74 Å². The Labute approximate surface area is 108 Å². The molecule has 0 radical (unpaired) electrons. The lowest BCUT2D eigenvalue weighted by molar-refractivity contribution is 0.292. The molecule has 1 heterocycles. The lowest BCUT2D eigenvalue weighted by Crippen LogP contribution is -2.28. The number of fused-ring (bicyclic) bond motifs is 1. The minimum Gasteiger partial charge on any atom is -0.489 e. The zero-order valence-corrected chi connectivity index (χ0v) is 10.7. The van der Waals surface area contributed by atoms with Crippen molar-refractivity contribution in [2.24, 2.45) is 0 Å². The van der Waals surface area contributed by atoms with Gasteiger partial charge >= 0.3 is 0 Å². The van der Waals surface area contributed by atoms with Crippen molar-refractivity contribution in [3.8, 4) is 16.9 Å². The van der Waals surface area contributed by atoms with Crippen LogP contribution in [-0.4, -0.2) is 12.6 Å². The molecule has 0 fully saturated rings. The van der Waals surface area contributed by atoms with E-state index in [1.54, 1.807) is 0 Å². The average molecular weight is 239 g/mol. The summed E-state index contributed by atoms with van der Waals surface area (Å²) in [6.45, 7) is 5.00. The fourth-order valence-electron chi connectivity index (χ4n) is 2.35. The van der Waals surface area contributed by atoms with Crippen LogP contribution in [0.15, 0.2) is 42.5 Å². The van der Waals surface area contributed by atoms with E-state index in [1.807, 2.05) is 0 Å². The molecule has 0 amide bonds. The maximum absolute atomic E-state index is 5.69.